The zero-order valence-corrected chi connectivity index (χ0v) is 13.6. The molecule has 0 aromatic rings. The Morgan fingerprint density at radius 2 is 1.39 bits per heavy atom. The van der Waals surface area contributed by atoms with E-state index in [1.165, 1.54) is 0 Å². The van der Waals surface area contributed by atoms with Crippen molar-refractivity contribution in [3.63, 3.8) is 0 Å². The van der Waals surface area contributed by atoms with E-state index in [4.69, 9.17) is 14.2 Å². The van der Waals surface area contributed by atoms with Crippen LogP contribution in [0.25, 0.3) is 0 Å². The van der Waals surface area contributed by atoms with Crippen molar-refractivity contribution in [2.75, 3.05) is 13.2 Å². The molecule has 0 aromatic carbocycles. The van der Waals surface area contributed by atoms with E-state index >= 15 is 0 Å². The normalized spacial score (nSPS) is 51.7. The van der Waals surface area contributed by atoms with Crippen LogP contribution in [0.1, 0.15) is 20.8 Å². The minimum Gasteiger partial charge on any atom is -0.394 e. The van der Waals surface area contributed by atoms with Gasteiger partial charge in [0.05, 0.1) is 31.5 Å². The van der Waals surface area contributed by atoms with Gasteiger partial charge in [-0.2, -0.15) is 0 Å². The average Bonchev–Trinajstić information content (AvgIpc) is 2.55. The van der Waals surface area contributed by atoms with Crippen LogP contribution in [0.3, 0.4) is 0 Å². The monoisotopic (exact) mass is 336 g/mol. The molecule has 8 heteroatoms. The molecule has 0 amide bonds. The number of ether oxygens (including phenoxy) is 3. The van der Waals surface area contributed by atoms with Gasteiger partial charge in [-0.05, 0) is 6.92 Å². The minimum atomic E-state index is -1.21. The third-order valence-electron chi connectivity index (χ3n) is 5.03. The molecule has 136 valence electrons. The van der Waals surface area contributed by atoms with E-state index in [9.17, 15) is 25.5 Å². The lowest BCUT2D eigenvalue weighted by atomic mass is 9.88. The lowest BCUT2D eigenvalue weighted by Gasteiger charge is -2.46. The third kappa shape index (κ3) is 3.69. The van der Waals surface area contributed by atoms with Crippen molar-refractivity contribution in [1.29, 1.82) is 0 Å². The Morgan fingerprint density at radius 1 is 0.783 bits per heavy atom. The Labute approximate surface area is 135 Å². The van der Waals surface area contributed by atoms with Crippen molar-refractivity contribution < 1.29 is 39.7 Å². The SMILES string of the molecule is CC1C(O)[C@H](O)C(CO)O[C@H]1O[C@@H]1C(CO)O[C@@H](C)C(C)[C@H]1O. The molecule has 2 fully saturated rings. The molecule has 10 atom stereocenters. The molecule has 0 radical (unpaired) electrons. The Balaban J connectivity index is 2.11. The summed E-state index contributed by atoms with van der Waals surface area (Å²) in [6.07, 6.45) is -6.91. The van der Waals surface area contributed by atoms with Gasteiger partial charge in [0.1, 0.15) is 24.4 Å². The molecule has 0 bridgehead atoms. The van der Waals surface area contributed by atoms with Crippen LogP contribution in [0.5, 0.6) is 0 Å². The first kappa shape index (κ1) is 19.0. The van der Waals surface area contributed by atoms with Crippen LogP contribution in [0.4, 0.5) is 0 Å². The Bertz CT molecular complexity index is 376. The topological polar surface area (TPSA) is 129 Å². The summed E-state index contributed by atoms with van der Waals surface area (Å²) in [6.45, 7) is 4.48. The summed E-state index contributed by atoms with van der Waals surface area (Å²) in [5.41, 5.74) is 0. The van der Waals surface area contributed by atoms with Crippen LogP contribution in [0.2, 0.25) is 0 Å². The van der Waals surface area contributed by atoms with Gasteiger partial charge in [0.25, 0.3) is 0 Å². The largest absolute Gasteiger partial charge is 0.394 e. The van der Waals surface area contributed by atoms with Crippen molar-refractivity contribution in [2.45, 2.75) is 69.8 Å². The van der Waals surface area contributed by atoms with Crippen LogP contribution < -0.4 is 0 Å². The number of rotatable bonds is 4. The maximum atomic E-state index is 10.4. The van der Waals surface area contributed by atoms with Gasteiger partial charge in [0.15, 0.2) is 6.29 Å². The van der Waals surface area contributed by atoms with Crippen molar-refractivity contribution in [1.82, 2.24) is 0 Å². The van der Waals surface area contributed by atoms with E-state index in [1.54, 1.807) is 6.92 Å². The van der Waals surface area contributed by atoms with E-state index < -0.39 is 55.4 Å². The second kappa shape index (κ2) is 7.71. The molecule has 0 spiro atoms. The molecular formula is C15H28O8. The number of hydrogen-bond donors (Lipinski definition) is 5. The Morgan fingerprint density at radius 3 is 1.96 bits per heavy atom. The van der Waals surface area contributed by atoms with Crippen LogP contribution in [0.15, 0.2) is 0 Å². The highest BCUT2D eigenvalue weighted by atomic mass is 16.7. The maximum Gasteiger partial charge on any atom is 0.163 e. The summed E-state index contributed by atoms with van der Waals surface area (Å²) in [5, 5.41) is 49.1. The van der Waals surface area contributed by atoms with Gasteiger partial charge in [-0.1, -0.05) is 13.8 Å². The van der Waals surface area contributed by atoms with Crippen LogP contribution in [0, 0.1) is 11.8 Å². The molecule has 2 aliphatic rings. The first-order valence-corrected chi connectivity index (χ1v) is 8.04. The van der Waals surface area contributed by atoms with Gasteiger partial charge in [0, 0.05) is 11.8 Å². The Kier molecular flexibility index (Phi) is 6.37. The molecule has 2 aliphatic heterocycles. The van der Waals surface area contributed by atoms with Crippen molar-refractivity contribution in [2.24, 2.45) is 11.8 Å². The van der Waals surface area contributed by atoms with Crippen LogP contribution in [-0.2, 0) is 14.2 Å². The molecule has 5 N–H and O–H groups in total. The Hall–Kier alpha value is -0.320. The summed E-state index contributed by atoms with van der Waals surface area (Å²) >= 11 is 0. The highest BCUT2D eigenvalue weighted by molar-refractivity contribution is 4.92. The van der Waals surface area contributed by atoms with E-state index in [0.717, 1.165) is 0 Å². The van der Waals surface area contributed by atoms with Gasteiger partial charge in [-0.15, -0.1) is 0 Å². The second-order valence-corrected chi connectivity index (χ2v) is 6.58. The van der Waals surface area contributed by atoms with Crippen molar-refractivity contribution in [3.05, 3.63) is 0 Å². The molecule has 8 nitrogen and oxygen atoms in total. The first-order valence-electron chi connectivity index (χ1n) is 8.04. The van der Waals surface area contributed by atoms with E-state index in [1.807, 2.05) is 13.8 Å². The summed E-state index contributed by atoms with van der Waals surface area (Å²) in [7, 11) is 0. The van der Waals surface area contributed by atoms with Crippen molar-refractivity contribution in [3.8, 4) is 0 Å². The van der Waals surface area contributed by atoms with Crippen LogP contribution >= 0.6 is 0 Å². The zero-order chi connectivity index (χ0) is 17.3. The van der Waals surface area contributed by atoms with Crippen LogP contribution in [-0.4, -0.2) is 87.8 Å². The maximum absolute atomic E-state index is 10.4. The van der Waals surface area contributed by atoms with Gasteiger partial charge < -0.3 is 39.7 Å². The molecule has 0 saturated carbocycles. The number of aliphatic hydroxyl groups excluding tert-OH is 5. The fourth-order valence-corrected chi connectivity index (χ4v) is 3.12. The molecule has 2 saturated heterocycles. The van der Waals surface area contributed by atoms with Crippen molar-refractivity contribution >= 4 is 0 Å². The average molecular weight is 336 g/mol. The predicted molar refractivity (Wildman–Crippen MR) is 78.4 cm³/mol. The molecular weight excluding hydrogens is 308 g/mol. The molecule has 0 aliphatic carbocycles. The smallest absolute Gasteiger partial charge is 0.163 e. The minimum absolute atomic E-state index is 0.203. The first-order chi connectivity index (χ1) is 10.8. The van der Waals surface area contributed by atoms with E-state index in [2.05, 4.69) is 0 Å². The lowest BCUT2D eigenvalue weighted by Crippen LogP contribution is -2.60. The second-order valence-electron chi connectivity index (χ2n) is 6.58. The highest BCUT2D eigenvalue weighted by Crippen LogP contribution is 2.33. The molecule has 2 rings (SSSR count). The summed E-state index contributed by atoms with van der Waals surface area (Å²) in [5.74, 6) is -0.778. The number of aliphatic hydroxyl groups is 5. The fourth-order valence-electron chi connectivity index (χ4n) is 3.12. The van der Waals surface area contributed by atoms with Gasteiger partial charge >= 0.3 is 0 Å². The third-order valence-corrected chi connectivity index (χ3v) is 5.03. The summed E-state index contributed by atoms with van der Waals surface area (Å²) in [6, 6.07) is 0. The quantitative estimate of drug-likeness (QED) is 0.408. The molecule has 23 heavy (non-hydrogen) atoms. The van der Waals surface area contributed by atoms with Gasteiger partial charge in [-0.25, -0.2) is 0 Å². The lowest BCUT2D eigenvalue weighted by molar-refractivity contribution is -0.325. The predicted octanol–water partition coefficient (Wildman–Crippen LogP) is -1.78. The summed E-state index contributed by atoms with van der Waals surface area (Å²) in [4.78, 5) is 0. The van der Waals surface area contributed by atoms with E-state index in [-0.39, 0.29) is 18.6 Å². The highest BCUT2D eigenvalue weighted by Gasteiger charge is 2.47. The zero-order valence-electron chi connectivity index (χ0n) is 13.6. The molecule has 0 aromatic heterocycles. The fraction of sp³-hybridized carbons (Fsp3) is 1.00. The van der Waals surface area contributed by atoms with E-state index in [0.29, 0.717) is 0 Å². The standard InChI is InChI=1S/C15H28O8/c1-6-8(3)21-10(5-17)14(12(6)19)23-15-7(2)11(18)13(20)9(4-16)22-15/h6-20H,4-5H2,1-3H3/t6?,7?,8-,9?,10?,11?,12+,13+,14+,15-/m0/s1. The van der Waals surface area contributed by atoms with Gasteiger partial charge in [0.2, 0.25) is 0 Å². The molecule has 5 unspecified atom stereocenters. The summed E-state index contributed by atoms with van der Waals surface area (Å²) < 4.78 is 17.0. The molecule has 2 heterocycles. The van der Waals surface area contributed by atoms with Gasteiger partial charge in [-0.3, -0.25) is 0 Å². The number of hydrogen-bond acceptors (Lipinski definition) is 8.